The van der Waals surface area contributed by atoms with Crippen LogP contribution in [0.25, 0.3) is 0 Å². The second kappa shape index (κ2) is 6.15. The predicted octanol–water partition coefficient (Wildman–Crippen LogP) is 1.30. The smallest absolute Gasteiger partial charge is 0.224 e. The maximum Gasteiger partial charge on any atom is 0.224 e. The van der Waals surface area contributed by atoms with Gasteiger partial charge >= 0.3 is 0 Å². The van der Waals surface area contributed by atoms with E-state index in [1.165, 1.54) is 0 Å². The van der Waals surface area contributed by atoms with Gasteiger partial charge in [0.2, 0.25) is 5.91 Å². The molecule has 0 fully saturated rings. The Morgan fingerprint density at radius 3 is 2.74 bits per heavy atom. The standard InChI is InChI=1S/C14H17N3O2/c1-10-6-13(17-19-10)9-16-14(18)7-11-4-2-3-5-12(11)8-15/h2-6H,7-9,15H2,1H3,(H,16,18). The van der Waals surface area contributed by atoms with E-state index in [1.54, 1.807) is 6.07 Å². The topological polar surface area (TPSA) is 81.2 Å². The Morgan fingerprint density at radius 2 is 2.11 bits per heavy atom. The Bertz CT molecular complexity index is 563. The summed E-state index contributed by atoms with van der Waals surface area (Å²) in [4.78, 5) is 11.9. The summed E-state index contributed by atoms with van der Waals surface area (Å²) in [6.45, 7) is 2.63. The molecule has 2 rings (SSSR count). The van der Waals surface area contributed by atoms with E-state index >= 15 is 0 Å². The minimum Gasteiger partial charge on any atom is -0.361 e. The van der Waals surface area contributed by atoms with Gasteiger partial charge in [-0.25, -0.2) is 0 Å². The van der Waals surface area contributed by atoms with Crippen molar-refractivity contribution in [3.63, 3.8) is 0 Å². The number of nitrogens with two attached hydrogens (primary N) is 1. The first-order valence-electron chi connectivity index (χ1n) is 6.15. The molecular weight excluding hydrogens is 242 g/mol. The highest BCUT2D eigenvalue weighted by molar-refractivity contribution is 5.78. The van der Waals surface area contributed by atoms with Crippen molar-refractivity contribution in [1.29, 1.82) is 0 Å². The normalized spacial score (nSPS) is 10.4. The summed E-state index contributed by atoms with van der Waals surface area (Å²) in [6, 6.07) is 9.48. The van der Waals surface area contributed by atoms with Crippen molar-refractivity contribution in [2.24, 2.45) is 5.73 Å². The zero-order chi connectivity index (χ0) is 13.7. The van der Waals surface area contributed by atoms with Crippen LogP contribution in [-0.2, 0) is 24.3 Å². The Balaban J connectivity index is 1.90. The molecule has 1 heterocycles. The number of benzene rings is 1. The van der Waals surface area contributed by atoms with Crippen LogP contribution in [0.2, 0.25) is 0 Å². The number of carbonyl (C=O) groups excluding carboxylic acids is 1. The summed E-state index contributed by atoms with van der Waals surface area (Å²) < 4.78 is 4.93. The number of amides is 1. The van der Waals surface area contributed by atoms with Gasteiger partial charge in [-0.3, -0.25) is 4.79 Å². The molecule has 0 saturated heterocycles. The second-order valence-corrected chi connectivity index (χ2v) is 4.36. The molecule has 1 amide bonds. The zero-order valence-electron chi connectivity index (χ0n) is 10.8. The lowest BCUT2D eigenvalue weighted by Gasteiger charge is -2.07. The SMILES string of the molecule is Cc1cc(CNC(=O)Cc2ccccc2CN)no1. The molecule has 5 nitrogen and oxygen atoms in total. The molecule has 1 aromatic carbocycles. The van der Waals surface area contributed by atoms with Gasteiger partial charge in [-0.2, -0.15) is 0 Å². The van der Waals surface area contributed by atoms with Crippen LogP contribution in [0, 0.1) is 6.92 Å². The molecule has 3 N–H and O–H groups in total. The largest absolute Gasteiger partial charge is 0.361 e. The van der Waals surface area contributed by atoms with Crippen molar-refractivity contribution < 1.29 is 9.32 Å². The van der Waals surface area contributed by atoms with Gasteiger partial charge in [0, 0.05) is 12.6 Å². The maximum atomic E-state index is 11.9. The van der Waals surface area contributed by atoms with Crippen LogP contribution in [0.4, 0.5) is 0 Å². The van der Waals surface area contributed by atoms with Gasteiger partial charge in [0.25, 0.3) is 0 Å². The van der Waals surface area contributed by atoms with Crippen LogP contribution in [-0.4, -0.2) is 11.1 Å². The number of rotatable bonds is 5. The molecule has 0 unspecified atom stereocenters. The average molecular weight is 259 g/mol. The molecule has 19 heavy (non-hydrogen) atoms. The third-order valence-corrected chi connectivity index (χ3v) is 2.83. The summed E-state index contributed by atoms with van der Waals surface area (Å²) in [6.07, 6.45) is 0.324. The molecule has 0 aliphatic heterocycles. The molecular formula is C14H17N3O2. The summed E-state index contributed by atoms with van der Waals surface area (Å²) in [5.74, 6) is 0.680. The predicted molar refractivity (Wildman–Crippen MR) is 71.1 cm³/mol. The first-order chi connectivity index (χ1) is 9.19. The molecule has 5 heteroatoms. The van der Waals surface area contributed by atoms with E-state index in [2.05, 4.69) is 10.5 Å². The van der Waals surface area contributed by atoms with Gasteiger partial charge in [-0.15, -0.1) is 0 Å². The zero-order valence-corrected chi connectivity index (χ0v) is 10.8. The highest BCUT2D eigenvalue weighted by Gasteiger charge is 2.08. The van der Waals surface area contributed by atoms with Crippen LogP contribution in [0.5, 0.6) is 0 Å². The second-order valence-electron chi connectivity index (χ2n) is 4.36. The number of carbonyl (C=O) groups is 1. The molecule has 0 aliphatic carbocycles. The molecule has 0 atom stereocenters. The summed E-state index contributed by atoms with van der Waals surface area (Å²) in [5.41, 5.74) is 8.31. The quantitative estimate of drug-likeness (QED) is 0.848. The van der Waals surface area contributed by atoms with Gasteiger partial charge in [0.1, 0.15) is 11.5 Å². The number of aryl methyl sites for hydroxylation is 1. The molecule has 0 radical (unpaired) electrons. The van der Waals surface area contributed by atoms with Gasteiger partial charge in [0.15, 0.2) is 0 Å². The number of hydrogen-bond donors (Lipinski definition) is 2. The van der Waals surface area contributed by atoms with E-state index in [9.17, 15) is 4.79 Å². The number of nitrogens with zero attached hydrogens (tertiary/aromatic N) is 1. The molecule has 0 saturated carbocycles. The Labute approximate surface area is 111 Å². The van der Waals surface area contributed by atoms with Crippen molar-refractivity contribution in [2.75, 3.05) is 0 Å². The number of nitrogens with one attached hydrogen (secondary N) is 1. The van der Waals surface area contributed by atoms with Crippen LogP contribution >= 0.6 is 0 Å². The van der Waals surface area contributed by atoms with Gasteiger partial charge in [-0.05, 0) is 18.1 Å². The van der Waals surface area contributed by atoms with Crippen LogP contribution in [0.1, 0.15) is 22.6 Å². The van der Waals surface area contributed by atoms with E-state index in [1.807, 2.05) is 31.2 Å². The third kappa shape index (κ3) is 3.66. The lowest BCUT2D eigenvalue weighted by molar-refractivity contribution is -0.120. The number of hydrogen-bond acceptors (Lipinski definition) is 4. The summed E-state index contributed by atoms with van der Waals surface area (Å²) in [7, 11) is 0. The molecule has 1 aromatic heterocycles. The summed E-state index contributed by atoms with van der Waals surface area (Å²) >= 11 is 0. The van der Waals surface area contributed by atoms with Crippen molar-refractivity contribution in [1.82, 2.24) is 10.5 Å². The van der Waals surface area contributed by atoms with Crippen LogP contribution in [0.15, 0.2) is 34.9 Å². The van der Waals surface area contributed by atoms with Crippen LogP contribution in [0.3, 0.4) is 0 Å². The molecule has 0 bridgehead atoms. The highest BCUT2D eigenvalue weighted by atomic mass is 16.5. The fourth-order valence-corrected chi connectivity index (χ4v) is 1.85. The molecule has 0 aliphatic rings. The summed E-state index contributed by atoms with van der Waals surface area (Å²) in [5, 5.41) is 6.63. The van der Waals surface area contributed by atoms with Crippen molar-refractivity contribution in [2.45, 2.75) is 26.4 Å². The monoisotopic (exact) mass is 259 g/mol. The van der Waals surface area contributed by atoms with E-state index in [0.29, 0.717) is 19.5 Å². The third-order valence-electron chi connectivity index (χ3n) is 2.83. The van der Waals surface area contributed by atoms with E-state index in [-0.39, 0.29) is 5.91 Å². The lowest BCUT2D eigenvalue weighted by atomic mass is 10.0. The maximum absolute atomic E-state index is 11.9. The minimum absolute atomic E-state index is 0.0541. The minimum atomic E-state index is -0.0541. The van der Waals surface area contributed by atoms with Crippen molar-refractivity contribution in [3.8, 4) is 0 Å². The Kier molecular flexibility index (Phi) is 4.30. The Hall–Kier alpha value is -2.14. The molecule has 2 aromatic rings. The first-order valence-corrected chi connectivity index (χ1v) is 6.15. The Morgan fingerprint density at radius 1 is 1.37 bits per heavy atom. The average Bonchev–Trinajstić information content (AvgIpc) is 2.83. The van der Waals surface area contributed by atoms with Crippen molar-refractivity contribution in [3.05, 3.63) is 52.9 Å². The fraction of sp³-hybridized carbons (Fsp3) is 0.286. The van der Waals surface area contributed by atoms with Gasteiger partial charge in [0.05, 0.1) is 13.0 Å². The first kappa shape index (κ1) is 13.3. The highest BCUT2D eigenvalue weighted by Crippen LogP contribution is 2.08. The van der Waals surface area contributed by atoms with Crippen molar-refractivity contribution >= 4 is 5.91 Å². The molecule has 100 valence electrons. The van der Waals surface area contributed by atoms with Gasteiger partial charge < -0.3 is 15.6 Å². The number of aromatic nitrogens is 1. The van der Waals surface area contributed by atoms with E-state index < -0.39 is 0 Å². The lowest BCUT2D eigenvalue weighted by Crippen LogP contribution is -2.25. The van der Waals surface area contributed by atoms with Gasteiger partial charge in [-0.1, -0.05) is 29.4 Å². The van der Waals surface area contributed by atoms with Crippen LogP contribution < -0.4 is 11.1 Å². The molecule has 0 spiro atoms. The van der Waals surface area contributed by atoms with E-state index in [0.717, 1.165) is 22.6 Å². The fourth-order valence-electron chi connectivity index (χ4n) is 1.85. The van der Waals surface area contributed by atoms with E-state index in [4.69, 9.17) is 10.3 Å².